The second-order valence-corrected chi connectivity index (χ2v) is 7.96. The molecule has 3 saturated heterocycles. The standard InChI is InChI=1S/C20H38N4O2/c1-3-21-19(23-12-7-18(15-23)16-25-4-2)22-17-20(8-13-26-14-9-20)24-10-5-6-11-24/h18H,3-17H2,1-2H3,(H,21,22). The summed E-state index contributed by atoms with van der Waals surface area (Å²) < 4.78 is 11.3. The van der Waals surface area contributed by atoms with E-state index >= 15 is 0 Å². The molecular formula is C20H38N4O2. The zero-order valence-electron chi connectivity index (χ0n) is 16.8. The van der Waals surface area contributed by atoms with E-state index in [1.54, 1.807) is 0 Å². The molecule has 0 aromatic heterocycles. The summed E-state index contributed by atoms with van der Waals surface area (Å²) in [5.74, 6) is 1.73. The van der Waals surface area contributed by atoms with Crippen LogP contribution in [0.5, 0.6) is 0 Å². The van der Waals surface area contributed by atoms with E-state index < -0.39 is 0 Å². The molecule has 1 N–H and O–H groups in total. The normalized spacial score (nSPS) is 27.2. The molecule has 3 fully saturated rings. The van der Waals surface area contributed by atoms with Crippen LogP contribution >= 0.6 is 0 Å². The lowest BCUT2D eigenvalue weighted by molar-refractivity contribution is -0.0139. The van der Waals surface area contributed by atoms with Crippen LogP contribution in [-0.4, -0.2) is 87.0 Å². The third kappa shape index (κ3) is 4.90. The van der Waals surface area contributed by atoms with Crippen molar-refractivity contribution >= 4 is 5.96 Å². The SMILES string of the molecule is CCNC(=NCC1(N2CCCC2)CCOCC1)N1CCC(COCC)C1. The summed E-state index contributed by atoms with van der Waals surface area (Å²) >= 11 is 0. The average molecular weight is 367 g/mol. The highest BCUT2D eigenvalue weighted by molar-refractivity contribution is 5.80. The molecule has 0 spiro atoms. The van der Waals surface area contributed by atoms with Gasteiger partial charge in [-0.3, -0.25) is 9.89 Å². The second-order valence-electron chi connectivity index (χ2n) is 7.96. The maximum Gasteiger partial charge on any atom is 0.193 e. The molecule has 6 nitrogen and oxygen atoms in total. The maximum absolute atomic E-state index is 5.67. The molecule has 0 saturated carbocycles. The number of hydrogen-bond donors (Lipinski definition) is 1. The summed E-state index contributed by atoms with van der Waals surface area (Å²) in [6, 6.07) is 0. The van der Waals surface area contributed by atoms with Crippen molar-refractivity contribution in [2.45, 2.75) is 51.5 Å². The van der Waals surface area contributed by atoms with Crippen molar-refractivity contribution in [1.82, 2.24) is 15.1 Å². The number of rotatable bonds is 7. The summed E-state index contributed by atoms with van der Waals surface area (Å²) in [5.41, 5.74) is 0.208. The van der Waals surface area contributed by atoms with E-state index in [0.717, 1.165) is 71.4 Å². The molecule has 150 valence electrons. The van der Waals surface area contributed by atoms with Crippen molar-refractivity contribution in [3.8, 4) is 0 Å². The first-order chi connectivity index (χ1) is 12.8. The lowest BCUT2D eigenvalue weighted by Crippen LogP contribution is -2.54. The van der Waals surface area contributed by atoms with Crippen LogP contribution in [0.1, 0.15) is 46.0 Å². The highest BCUT2D eigenvalue weighted by Gasteiger charge is 2.39. The molecular weight excluding hydrogens is 328 g/mol. The Labute approximate surface area is 159 Å². The summed E-state index contributed by atoms with van der Waals surface area (Å²) in [4.78, 5) is 10.3. The van der Waals surface area contributed by atoms with Gasteiger partial charge in [-0.2, -0.15) is 0 Å². The van der Waals surface area contributed by atoms with Gasteiger partial charge in [-0.05, 0) is 59.0 Å². The number of nitrogens with zero attached hydrogens (tertiary/aromatic N) is 3. The number of guanidine groups is 1. The van der Waals surface area contributed by atoms with Crippen molar-refractivity contribution < 1.29 is 9.47 Å². The lowest BCUT2D eigenvalue weighted by Gasteiger charge is -2.43. The monoisotopic (exact) mass is 366 g/mol. The molecule has 0 bridgehead atoms. The lowest BCUT2D eigenvalue weighted by atomic mass is 9.88. The zero-order valence-corrected chi connectivity index (χ0v) is 16.8. The van der Waals surface area contributed by atoms with Gasteiger partial charge in [0, 0.05) is 50.9 Å². The van der Waals surface area contributed by atoms with Gasteiger partial charge in [0.1, 0.15) is 0 Å². The van der Waals surface area contributed by atoms with Crippen molar-refractivity contribution in [2.75, 3.05) is 65.7 Å². The average Bonchev–Trinajstić information content (AvgIpc) is 3.36. The molecule has 3 aliphatic rings. The Hall–Kier alpha value is -0.850. The third-order valence-corrected chi connectivity index (χ3v) is 6.20. The van der Waals surface area contributed by atoms with Gasteiger partial charge in [0.15, 0.2) is 5.96 Å². The van der Waals surface area contributed by atoms with Gasteiger partial charge in [0.05, 0.1) is 13.2 Å². The second kappa shape index (κ2) is 9.90. The molecule has 6 heteroatoms. The van der Waals surface area contributed by atoms with Gasteiger partial charge in [-0.1, -0.05) is 0 Å². The molecule has 3 rings (SSSR count). The van der Waals surface area contributed by atoms with Gasteiger partial charge in [0.2, 0.25) is 0 Å². The molecule has 0 aromatic carbocycles. The minimum absolute atomic E-state index is 0.208. The van der Waals surface area contributed by atoms with Crippen LogP contribution < -0.4 is 5.32 Å². The topological polar surface area (TPSA) is 49.3 Å². The van der Waals surface area contributed by atoms with Crippen LogP contribution in [0.4, 0.5) is 0 Å². The number of nitrogens with one attached hydrogen (secondary N) is 1. The number of aliphatic imine (C=N–C) groups is 1. The first-order valence-corrected chi connectivity index (χ1v) is 10.7. The predicted octanol–water partition coefficient (Wildman–Crippen LogP) is 1.96. The zero-order chi connectivity index (χ0) is 18.2. The fourth-order valence-electron chi connectivity index (χ4n) is 4.61. The first-order valence-electron chi connectivity index (χ1n) is 10.7. The van der Waals surface area contributed by atoms with Crippen LogP contribution in [0.25, 0.3) is 0 Å². The summed E-state index contributed by atoms with van der Waals surface area (Å²) in [6.45, 7) is 14.1. The predicted molar refractivity (Wildman–Crippen MR) is 106 cm³/mol. The minimum Gasteiger partial charge on any atom is -0.381 e. The van der Waals surface area contributed by atoms with Crippen LogP contribution in [-0.2, 0) is 9.47 Å². The fourth-order valence-corrected chi connectivity index (χ4v) is 4.61. The maximum atomic E-state index is 5.67. The van der Waals surface area contributed by atoms with Crippen molar-refractivity contribution in [2.24, 2.45) is 10.9 Å². The Kier molecular flexibility index (Phi) is 7.58. The van der Waals surface area contributed by atoms with Crippen LogP contribution in [0.15, 0.2) is 4.99 Å². The molecule has 0 amide bonds. The van der Waals surface area contributed by atoms with Crippen LogP contribution in [0, 0.1) is 5.92 Å². The van der Waals surface area contributed by atoms with E-state index in [4.69, 9.17) is 14.5 Å². The van der Waals surface area contributed by atoms with Gasteiger partial charge in [-0.15, -0.1) is 0 Å². The molecule has 1 unspecified atom stereocenters. The highest BCUT2D eigenvalue weighted by Crippen LogP contribution is 2.32. The molecule has 3 aliphatic heterocycles. The molecule has 1 atom stereocenters. The smallest absolute Gasteiger partial charge is 0.193 e. The molecule has 26 heavy (non-hydrogen) atoms. The van der Waals surface area contributed by atoms with E-state index in [1.807, 2.05) is 0 Å². The Bertz CT molecular complexity index is 445. The first kappa shape index (κ1) is 19.9. The number of likely N-dealkylation sites (tertiary alicyclic amines) is 2. The summed E-state index contributed by atoms with van der Waals surface area (Å²) in [6.07, 6.45) is 6.09. The fraction of sp³-hybridized carbons (Fsp3) is 0.950. The van der Waals surface area contributed by atoms with Crippen LogP contribution in [0.3, 0.4) is 0 Å². The largest absolute Gasteiger partial charge is 0.381 e. The van der Waals surface area contributed by atoms with E-state index in [0.29, 0.717) is 5.92 Å². The van der Waals surface area contributed by atoms with E-state index in [1.165, 1.54) is 32.4 Å². The Morgan fingerprint density at radius 2 is 1.96 bits per heavy atom. The molecule has 3 heterocycles. The third-order valence-electron chi connectivity index (χ3n) is 6.20. The van der Waals surface area contributed by atoms with Crippen molar-refractivity contribution in [3.05, 3.63) is 0 Å². The van der Waals surface area contributed by atoms with Crippen molar-refractivity contribution in [1.29, 1.82) is 0 Å². The molecule has 0 aromatic rings. The number of hydrogen-bond acceptors (Lipinski definition) is 4. The summed E-state index contributed by atoms with van der Waals surface area (Å²) in [7, 11) is 0. The molecule has 0 radical (unpaired) electrons. The van der Waals surface area contributed by atoms with Crippen molar-refractivity contribution in [3.63, 3.8) is 0 Å². The van der Waals surface area contributed by atoms with Gasteiger partial charge >= 0.3 is 0 Å². The number of ether oxygens (including phenoxy) is 2. The minimum atomic E-state index is 0.208. The van der Waals surface area contributed by atoms with E-state index in [-0.39, 0.29) is 5.54 Å². The van der Waals surface area contributed by atoms with E-state index in [9.17, 15) is 0 Å². The Balaban J connectivity index is 1.65. The highest BCUT2D eigenvalue weighted by atomic mass is 16.5. The van der Waals surface area contributed by atoms with Gasteiger partial charge in [-0.25, -0.2) is 0 Å². The van der Waals surface area contributed by atoms with Gasteiger partial charge in [0.25, 0.3) is 0 Å². The Morgan fingerprint density at radius 1 is 1.19 bits per heavy atom. The van der Waals surface area contributed by atoms with Crippen LogP contribution in [0.2, 0.25) is 0 Å². The molecule has 0 aliphatic carbocycles. The quantitative estimate of drug-likeness (QED) is 0.551. The van der Waals surface area contributed by atoms with E-state index in [2.05, 4.69) is 29.0 Å². The summed E-state index contributed by atoms with van der Waals surface area (Å²) in [5, 5.41) is 3.53. The Morgan fingerprint density at radius 3 is 2.65 bits per heavy atom. The van der Waals surface area contributed by atoms with Gasteiger partial charge < -0.3 is 19.7 Å².